The lowest BCUT2D eigenvalue weighted by molar-refractivity contribution is 0.0156. The molecular weight excluding hydrogens is 562 g/mol. The van der Waals surface area contributed by atoms with E-state index in [1.54, 1.807) is 59.5 Å². The van der Waals surface area contributed by atoms with Crippen molar-refractivity contribution in [1.29, 1.82) is 0 Å². The Kier molecular flexibility index (Phi) is 7.84. The highest BCUT2D eigenvalue weighted by atomic mass is 32.2. The fourth-order valence-corrected chi connectivity index (χ4v) is 6.82. The lowest BCUT2D eigenvalue weighted by atomic mass is 10.2. The van der Waals surface area contributed by atoms with Gasteiger partial charge in [0.25, 0.3) is 0 Å². The zero-order valence-electron chi connectivity index (χ0n) is 21.9. The van der Waals surface area contributed by atoms with Crippen LogP contribution in [0.5, 0.6) is 0 Å². The molecule has 0 radical (unpaired) electrons. The van der Waals surface area contributed by atoms with Crippen LogP contribution in [-0.2, 0) is 19.3 Å². The fraction of sp³-hybridized carbons (Fsp3) is 0.276. The van der Waals surface area contributed by atoms with Crippen LogP contribution < -0.4 is 10.6 Å². The predicted molar refractivity (Wildman–Crippen MR) is 155 cm³/mol. The van der Waals surface area contributed by atoms with Crippen molar-refractivity contribution in [1.82, 2.24) is 20.2 Å². The molecule has 2 aromatic carbocycles. The Morgan fingerprint density at radius 2 is 1.83 bits per heavy atom. The second-order valence-electron chi connectivity index (χ2n) is 9.58. The first-order chi connectivity index (χ1) is 20.0. The van der Waals surface area contributed by atoms with Crippen molar-refractivity contribution < 1.29 is 22.7 Å². The molecule has 0 spiro atoms. The lowest BCUT2D eigenvalue weighted by Crippen LogP contribution is -2.42. The van der Waals surface area contributed by atoms with Crippen molar-refractivity contribution in [2.24, 2.45) is 0 Å². The van der Waals surface area contributed by atoms with Gasteiger partial charge in [0.2, 0.25) is 9.84 Å². The number of rotatable bonds is 5. The van der Waals surface area contributed by atoms with E-state index in [9.17, 15) is 13.2 Å². The molecule has 12 heteroatoms. The second-order valence-corrected chi connectivity index (χ2v) is 12.6. The van der Waals surface area contributed by atoms with Crippen LogP contribution in [0.3, 0.4) is 0 Å². The summed E-state index contributed by atoms with van der Waals surface area (Å²) >= 11 is 1.47. The normalized spacial score (nSPS) is 19.0. The van der Waals surface area contributed by atoms with Gasteiger partial charge in [-0.15, -0.1) is 11.3 Å². The van der Waals surface area contributed by atoms with Crippen LogP contribution in [0.2, 0.25) is 0 Å². The molecule has 0 aliphatic carbocycles. The Balaban J connectivity index is 1.11. The molecule has 2 aliphatic heterocycles. The maximum atomic E-state index is 12.9. The average Bonchev–Trinajstić information content (AvgIpc) is 3.64. The number of hydrogen-bond acceptors (Lipinski definition) is 10. The molecular formula is C29H27N5O5S2. The molecule has 2 aromatic heterocycles. The molecule has 0 saturated carbocycles. The number of hydrogen-bond donors (Lipinski definition) is 2. The molecule has 2 N–H and O–H groups in total. The van der Waals surface area contributed by atoms with Crippen LogP contribution in [0.15, 0.2) is 76.8 Å². The minimum atomic E-state index is -3.59. The van der Waals surface area contributed by atoms with Gasteiger partial charge in [-0.05, 0) is 42.5 Å². The number of sulfone groups is 1. The van der Waals surface area contributed by atoms with E-state index in [1.165, 1.54) is 17.7 Å². The maximum absolute atomic E-state index is 12.9. The Morgan fingerprint density at radius 3 is 2.61 bits per heavy atom. The number of aromatic nitrogens is 2. The van der Waals surface area contributed by atoms with E-state index in [2.05, 4.69) is 32.4 Å². The van der Waals surface area contributed by atoms with Crippen molar-refractivity contribution in [2.45, 2.75) is 28.4 Å². The Hall–Kier alpha value is -4.02. The fourth-order valence-electron chi connectivity index (χ4n) is 4.62. The highest BCUT2D eigenvalue weighted by molar-refractivity contribution is 7.91. The average molecular weight is 590 g/mol. The van der Waals surface area contributed by atoms with Crippen LogP contribution >= 0.6 is 11.3 Å². The van der Waals surface area contributed by atoms with Crippen molar-refractivity contribution in [2.75, 3.05) is 38.2 Å². The SMILES string of the molecule is O=C(OC1CNC(C#Cc2cc3ncnc(Nc4ccc(S(=O)(=O)c5ccccc5)cc4)c3s2)C1)N1CCOCC1. The molecule has 41 heavy (non-hydrogen) atoms. The molecule has 4 aromatic rings. The zero-order valence-corrected chi connectivity index (χ0v) is 23.6. The summed E-state index contributed by atoms with van der Waals surface area (Å²) in [6.45, 7) is 2.74. The van der Waals surface area contributed by atoms with E-state index in [-0.39, 0.29) is 28.0 Å². The first kappa shape index (κ1) is 27.2. The molecule has 4 heterocycles. The van der Waals surface area contributed by atoms with E-state index in [0.29, 0.717) is 50.8 Å². The van der Waals surface area contributed by atoms with E-state index in [4.69, 9.17) is 9.47 Å². The summed E-state index contributed by atoms with van der Waals surface area (Å²) in [6.07, 6.45) is 1.58. The largest absolute Gasteiger partial charge is 0.445 e. The van der Waals surface area contributed by atoms with Gasteiger partial charge in [0.05, 0.1) is 44.1 Å². The van der Waals surface area contributed by atoms with Crippen molar-refractivity contribution in [3.8, 4) is 11.8 Å². The third-order valence-corrected chi connectivity index (χ3v) is 9.62. The van der Waals surface area contributed by atoms with Gasteiger partial charge in [-0.3, -0.25) is 5.32 Å². The number of thiophene rings is 1. The van der Waals surface area contributed by atoms with Crippen molar-refractivity contribution in [3.05, 3.63) is 71.9 Å². The topological polar surface area (TPSA) is 123 Å². The van der Waals surface area contributed by atoms with Gasteiger partial charge in [-0.25, -0.2) is 23.2 Å². The Labute approximate surface area is 241 Å². The smallest absolute Gasteiger partial charge is 0.410 e. The van der Waals surface area contributed by atoms with Gasteiger partial charge in [0.15, 0.2) is 5.82 Å². The molecule has 6 rings (SSSR count). The van der Waals surface area contributed by atoms with Crippen LogP contribution in [0.1, 0.15) is 11.3 Å². The van der Waals surface area contributed by atoms with Crippen molar-refractivity contribution in [3.63, 3.8) is 0 Å². The quantitative estimate of drug-likeness (QED) is 0.335. The number of amides is 1. The molecule has 2 fully saturated rings. The zero-order chi connectivity index (χ0) is 28.2. The van der Waals surface area contributed by atoms with E-state index < -0.39 is 9.84 Å². The Bertz CT molecular complexity index is 1710. The summed E-state index contributed by atoms with van der Waals surface area (Å²) in [6, 6.07) is 16.8. The highest BCUT2D eigenvalue weighted by Gasteiger charge is 2.28. The van der Waals surface area contributed by atoms with Gasteiger partial charge >= 0.3 is 6.09 Å². The molecule has 210 valence electrons. The third kappa shape index (κ3) is 6.18. The highest BCUT2D eigenvalue weighted by Crippen LogP contribution is 2.31. The van der Waals surface area contributed by atoms with Crippen LogP contribution in [0, 0.1) is 11.8 Å². The number of nitrogens with zero attached hydrogens (tertiary/aromatic N) is 3. The van der Waals surface area contributed by atoms with Gasteiger partial charge in [-0.2, -0.15) is 0 Å². The molecule has 0 bridgehead atoms. The van der Waals surface area contributed by atoms with Gasteiger partial charge in [0.1, 0.15) is 12.4 Å². The minimum Gasteiger partial charge on any atom is -0.445 e. The standard InChI is InChI=1S/C29H27N5O5S2/c35-29(34-12-14-38-15-13-34)39-22-16-21(30-18-22)6-9-23-17-26-27(40-23)28(32-19-31-26)33-20-7-10-25(11-8-20)41(36,37)24-4-2-1-3-5-24/h1-5,7-8,10-11,17,19,21-22,30H,12-16,18H2,(H,31,32,33). The monoisotopic (exact) mass is 589 g/mol. The Morgan fingerprint density at radius 1 is 1.07 bits per heavy atom. The summed E-state index contributed by atoms with van der Waals surface area (Å²) in [5.74, 6) is 7.08. The molecule has 10 nitrogen and oxygen atoms in total. The molecule has 2 unspecified atom stereocenters. The summed E-state index contributed by atoms with van der Waals surface area (Å²) in [5.41, 5.74) is 1.46. The number of benzene rings is 2. The number of carbonyl (C=O) groups excluding carboxylic acids is 1. The second kappa shape index (κ2) is 11.8. The van der Waals surface area contributed by atoms with Crippen molar-refractivity contribution >= 4 is 49.0 Å². The minimum absolute atomic E-state index is 0.0861. The molecule has 2 aliphatic rings. The summed E-state index contributed by atoms with van der Waals surface area (Å²) in [5, 5.41) is 6.59. The first-order valence-electron chi connectivity index (χ1n) is 13.2. The van der Waals surface area contributed by atoms with Gasteiger partial charge in [-0.1, -0.05) is 30.0 Å². The van der Waals surface area contributed by atoms with Gasteiger partial charge < -0.3 is 19.7 Å². The van der Waals surface area contributed by atoms with Crippen LogP contribution in [0.25, 0.3) is 10.2 Å². The number of ether oxygens (including phenoxy) is 2. The molecule has 2 saturated heterocycles. The number of fused-ring (bicyclic) bond motifs is 1. The summed E-state index contributed by atoms with van der Waals surface area (Å²) < 4.78 is 37.5. The summed E-state index contributed by atoms with van der Waals surface area (Å²) in [7, 11) is -3.59. The lowest BCUT2D eigenvalue weighted by Gasteiger charge is -2.27. The van der Waals surface area contributed by atoms with Gasteiger partial charge in [0, 0.05) is 31.7 Å². The van der Waals surface area contributed by atoms with E-state index in [0.717, 1.165) is 15.1 Å². The van der Waals surface area contributed by atoms with E-state index in [1.807, 2.05) is 6.07 Å². The third-order valence-electron chi connectivity index (χ3n) is 6.79. The van der Waals surface area contributed by atoms with Crippen LogP contribution in [-0.4, -0.2) is 74.4 Å². The predicted octanol–water partition coefficient (Wildman–Crippen LogP) is 3.82. The summed E-state index contributed by atoms with van der Waals surface area (Å²) in [4.78, 5) is 24.1. The molecule has 2 atom stereocenters. The number of morpholine rings is 1. The number of anilines is 2. The van der Waals surface area contributed by atoms with E-state index >= 15 is 0 Å². The first-order valence-corrected chi connectivity index (χ1v) is 15.5. The number of nitrogens with one attached hydrogen (secondary N) is 2. The maximum Gasteiger partial charge on any atom is 0.410 e. The molecule has 1 amide bonds. The van der Waals surface area contributed by atoms with Crippen LogP contribution in [0.4, 0.5) is 16.3 Å². The number of carbonyl (C=O) groups is 1.